The summed E-state index contributed by atoms with van der Waals surface area (Å²) in [7, 11) is 0. The Morgan fingerprint density at radius 2 is 2.12 bits per heavy atom. The number of hydrogen-bond donors (Lipinski definition) is 2. The van der Waals surface area contributed by atoms with Crippen molar-refractivity contribution in [2.75, 3.05) is 18.4 Å². The summed E-state index contributed by atoms with van der Waals surface area (Å²) in [5, 5.41) is 13.1. The van der Waals surface area contributed by atoms with E-state index in [9.17, 15) is 4.79 Å². The van der Waals surface area contributed by atoms with Crippen LogP contribution in [0.2, 0.25) is 5.02 Å². The number of carbonyl (C=O) groups is 1. The molecule has 0 amide bonds. The molecule has 2 heterocycles. The third-order valence-corrected chi connectivity index (χ3v) is 4.75. The maximum atomic E-state index is 11.0. The van der Waals surface area contributed by atoms with Gasteiger partial charge in [0.15, 0.2) is 5.69 Å². The van der Waals surface area contributed by atoms with Gasteiger partial charge in [-0.05, 0) is 49.2 Å². The van der Waals surface area contributed by atoms with Crippen molar-refractivity contribution in [2.24, 2.45) is 0 Å². The summed E-state index contributed by atoms with van der Waals surface area (Å²) in [4.78, 5) is 17.6. The fourth-order valence-corrected chi connectivity index (χ4v) is 3.46. The number of anilines is 1. The van der Waals surface area contributed by atoms with Gasteiger partial charge in [-0.2, -0.15) is 0 Å². The highest BCUT2D eigenvalue weighted by molar-refractivity contribution is 6.30. The van der Waals surface area contributed by atoms with E-state index in [2.05, 4.69) is 21.3 Å². The molecule has 132 valence electrons. The maximum absolute atomic E-state index is 11.0. The zero-order valence-corrected chi connectivity index (χ0v) is 14.7. The third kappa shape index (κ3) is 4.94. The van der Waals surface area contributed by atoms with Gasteiger partial charge in [0.25, 0.3) is 0 Å². The van der Waals surface area contributed by atoms with E-state index >= 15 is 0 Å². The Balaban J connectivity index is 1.63. The monoisotopic (exact) mass is 359 g/mol. The molecule has 1 unspecified atom stereocenters. The number of likely N-dealkylation sites (tertiary alicyclic amines) is 1. The molecule has 0 saturated carbocycles. The number of hydrogen-bond acceptors (Lipinski definition) is 4. The highest BCUT2D eigenvalue weighted by Gasteiger charge is 2.22. The minimum atomic E-state index is -1.01. The van der Waals surface area contributed by atoms with Crippen molar-refractivity contribution in [1.29, 1.82) is 0 Å². The lowest BCUT2D eigenvalue weighted by atomic mass is 10.0. The first-order valence-corrected chi connectivity index (χ1v) is 8.92. The molecule has 5 nitrogen and oxygen atoms in total. The Labute approximate surface area is 152 Å². The molecule has 0 bridgehead atoms. The Morgan fingerprint density at radius 3 is 2.92 bits per heavy atom. The van der Waals surface area contributed by atoms with Gasteiger partial charge in [-0.15, -0.1) is 0 Å². The van der Waals surface area contributed by atoms with Gasteiger partial charge in [0.05, 0.1) is 0 Å². The number of aromatic carboxylic acids is 1. The molecular weight excluding hydrogens is 338 g/mol. The van der Waals surface area contributed by atoms with Crippen LogP contribution in [0.4, 0.5) is 5.82 Å². The molecule has 1 saturated heterocycles. The summed E-state index contributed by atoms with van der Waals surface area (Å²) in [5.74, 6) is -0.405. The van der Waals surface area contributed by atoms with Crippen LogP contribution in [-0.4, -0.2) is 40.1 Å². The number of carboxylic acids is 1. The van der Waals surface area contributed by atoms with Gasteiger partial charge >= 0.3 is 5.97 Å². The smallest absolute Gasteiger partial charge is 0.354 e. The first-order valence-electron chi connectivity index (χ1n) is 8.54. The number of pyridine rings is 1. The highest BCUT2D eigenvalue weighted by atomic mass is 35.5. The molecule has 0 spiro atoms. The second-order valence-corrected chi connectivity index (χ2v) is 6.78. The third-order valence-electron chi connectivity index (χ3n) is 4.51. The van der Waals surface area contributed by atoms with Crippen molar-refractivity contribution in [3.63, 3.8) is 0 Å². The van der Waals surface area contributed by atoms with Gasteiger partial charge in [0, 0.05) is 24.2 Å². The number of nitrogens with zero attached hydrogens (tertiary/aromatic N) is 2. The van der Waals surface area contributed by atoms with E-state index in [1.807, 2.05) is 18.2 Å². The summed E-state index contributed by atoms with van der Waals surface area (Å²) < 4.78 is 0. The number of halogens is 1. The number of aromatic nitrogens is 1. The molecule has 6 heteroatoms. The lowest BCUT2D eigenvalue weighted by Crippen LogP contribution is -2.43. The summed E-state index contributed by atoms with van der Waals surface area (Å²) in [6.07, 6.45) is 3.52. The number of piperidine rings is 1. The Hall–Kier alpha value is -2.11. The molecule has 3 rings (SSSR count). The number of carboxylic acid groups (broad SMARTS) is 1. The van der Waals surface area contributed by atoms with Crippen molar-refractivity contribution >= 4 is 23.4 Å². The quantitative estimate of drug-likeness (QED) is 0.818. The fourth-order valence-electron chi connectivity index (χ4n) is 3.24. The van der Waals surface area contributed by atoms with Gasteiger partial charge in [0.2, 0.25) is 0 Å². The summed E-state index contributed by atoms with van der Waals surface area (Å²) in [5.41, 5.74) is 1.27. The number of rotatable bonds is 6. The molecule has 1 aromatic carbocycles. The molecule has 25 heavy (non-hydrogen) atoms. The molecule has 1 aliphatic heterocycles. The minimum absolute atomic E-state index is 0.0597. The first-order chi connectivity index (χ1) is 12.1. The second kappa shape index (κ2) is 8.32. The van der Waals surface area contributed by atoms with Gasteiger partial charge < -0.3 is 10.4 Å². The Bertz CT molecular complexity index is 738. The van der Waals surface area contributed by atoms with E-state index in [-0.39, 0.29) is 5.69 Å². The molecule has 2 aromatic rings. The molecule has 0 aliphatic carbocycles. The molecule has 2 N–H and O–H groups in total. The predicted molar refractivity (Wildman–Crippen MR) is 99.2 cm³/mol. The van der Waals surface area contributed by atoms with Crippen molar-refractivity contribution in [1.82, 2.24) is 9.88 Å². The molecule has 1 aromatic heterocycles. The summed E-state index contributed by atoms with van der Waals surface area (Å²) in [6.45, 7) is 2.67. The molecule has 1 atom stereocenters. The van der Waals surface area contributed by atoms with Crippen LogP contribution in [0, 0.1) is 0 Å². The first kappa shape index (κ1) is 17.7. The van der Waals surface area contributed by atoms with Crippen LogP contribution in [0.1, 0.15) is 35.3 Å². The zero-order valence-electron chi connectivity index (χ0n) is 14.0. The highest BCUT2D eigenvalue weighted by Crippen LogP contribution is 2.21. The van der Waals surface area contributed by atoms with Crippen molar-refractivity contribution in [2.45, 2.75) is 31.8 Å². The number of benzene rings is 1. The van der Waals surface area contributed by atoms with Crippen LogP contribution in [0.15, 0.2) is 42.5 Å². The molecular formula is C19H22ClN3O2. The van der Waals surface area contributed by atoms with E-state index < -0.39 is 5.97 Å². The fraction of sp³-hybridized carbons (Fsp3) is 0.368. The Morgan fingerprint density at radius 1 is 1.28 bits per heavy atom. The minimum Gasteiger partial charge on any atom is -0.477 e. The molecule has 0 radical (unpaired) electrons. The normalized spacial score (nSPS) is 18.0. The van der Waals surface area contributed by atoms with Gasteiger partial charge in [-0.25, -0.2) is 9.78 Å². The van der Waals surface area contributed by atoms with Gasteiger partial charge in [-0.3, -0.25) is 4.90 Å². The molecule has 1 aliphatic rings. The van der Waals surface area contributed by atoms with E-state index in [0.29, 0.717) is 11.9 Å². The predicted octanol–water partition coefficient (Wildman–Crippen LogP) is 3.90. The largest absolute Gasteiger partial charge is 0.477 e. The standard InChI is InChI=1S/C19H22ClN3O2/c20-15-6-3-5-14(11-15)13-23-10-2-1-7-16(23)12-21-18-9-4-8-17(22-18)19(24)25/h3-6,8-9,11,16H,1-2,7,10,12-13H2,(H,21,22)(H,24,25). The SMILES string of the molecule is O=C(O)c1cccc(NCC2CCCCN2Cc2cccc(Cl)c2)n1. The van der Waals surface area contributed by atoms with Crippen LogP contribution in [-0.2, 0) is 6.54 Å². The van der Waals surface area contributed by atoms with Crippen LogP contribution in [0.25, 0.3) is 0 Å². The van der Waals surface area contributed by atoms with Crippen molar-refractivity contribution < 1.29 is 9.90 Å². The van der Waals surface area contributed by atoms with Gasteiger partial charge in [-0.1, -0.05) is 36.2 Å². The van der Waals surface area contributed by atoms with Crippen LogP contribution < -0.4 is 5.32 Å². The zero-order chi connectivity index (χ0) is 17.6. The lowest BCUT2D eigenvalue weighted by molar-refractivity contribution is 0.0690. The number of nitrogens with one attached hydrogen (secondary N) is 1. The van der Waals surface area contributed by atoms with Crippen LogP contribution in [0.3, 0.4) is 0 Å². The second-order valence-electron chi connectivity index (χ2n) is 6.34. The summed E-state index contributed by atoms with van der Waals surface area (Å²) in [6, 6.07) is 13.4. The maximum Gasteiger partial charge on any atom is 0.354 e. The topological polar surface area (TPSA) is 65.5 Å². The van der Waals surface area contributed by atoms with E-state index in [4.69, 9.17) is 16.7 Å². The van der Waals surface area contributed by atoms with Crippen molar-refractivity contribution in [3.8, 4) is 0 Å². The lowest BCUT2D eigenvalue weighted by Gasteiger charge is -2.36. The average molecular weight is 360 g/mol. The van der Waals surface area contributed by atoms with Crippen LogP contribution in [0.5, 0.6) is 0 Å². The summed E-state index contributed by atoms with van der Waals surface area (Å²) >= 11 is 6.09. The van der Waals surface area contributed by atoms with E-state index in [0.717, 1.165) is 31.1 Å². The van der Waals surface area contributed by atoms with Gasteiger partial charge in [0.1, 0.15) is 5.82 Å². The van der Waals surface area contributed by atoms with Crippen LogP contribution >= 0.6 is 11.6 Å². The molecule has 1 fully saturated rings. The van der Waals surface area contributed by atoms with Crippen molar-refractivity contribution in [3.05, 3.63) is 58.7 Å². The van der Waals surface area contributed by atoms with E-state index in [1.165, 1.54) is 24.5 Å². The average Bonchev–Trinajstić information content (AvgIpc) is 2.61. The van der Waals surface area contributed by atoms with E-state index in [1.54, 1.807) is 12.1 Å². The Kier molecular flexibility index (Phi) is 5.89.